The van der Waals surface area contributed by atoms with Gasteiger partial charge in [-0.3, -0.25) is 20.2 Å². The van der Waals surface area contributed by atoms with Crippen LogP contribution in [-0.2, 0) is 0 Å². The second kappa shape index (κ2) is 7.94. The fraction of sp³-hybridized carbons (Fsp3) is 0.316. The Morgan fingerprint density at radius 2 is 1.44 bits per heavy atom. The van der Waals surface area contributed by atoms with E-state index >= 15 is 0 Å². The monoisotopic (exact) mass is 370 g/mol. The molecule has 27 heavy (non-hydrogen) atoms. The number of benzene rings is 2. The smallest absolute Gasteiger partial charge is 0.344 e. The lowest BCUT2D eigenvalue weighted by Crippen LogP contribution is -2.10. The van der Waals surface area contributed by atoms with Crippen LogP contribution in [0.2, 0.25) is 0 Å². The number of hydrogen-bond donors (Lipinski definition) is 0. The van der Waals surface area contributed by atoms with Crippen LogP contribution >= 0.6 is 0 Å². The zero-order valence-electron chi connectivity index (χ0n) is 14.5. The molecule has 0 N–H and O–H groups in total. The SMILES string of the molecule is O=C(Oc1ccc(C2CCCCC2)cc1)c1cc([N+](=O)[O-])cc([N+](=O)[O-])c1. The molecule has 0 bridgehead atoms. The molecule has 0 aliphatic heterocycles. The Hall–Kier alpha value is -3.29. The quantitative estimate of drug-likeness (QED) is 0.324. The summed E-state index contributed by atoms with van der Waals surface area (Å²) in [5, 5.41) is 21.9. The predicted molar refractivity (Wildman–Crippen MR) is 97.0 cm³/mol. The summed E-state index contributed by atoms with van der Waals surface area (Å²) < 4.78 is 5.23. The standard InChI is InChI=1S/C19H18N2O6/c22-19(15-10-16(20(23)24)12-17(11-15)21(25)26)27-18-8-6-14(7-9-18)13-4-2-1-3-5-13/h6-13H,1-5H2. The van der Waals surface area contributed by atoms with Gasteiger partial charge in [-0.2, -0.15) is 0 Å². The second-order valence-corrected chi connectivity index (χ2v) is 6.55. The van der Waals surface area contributed by atoms with Gasteiger partial charge >= 0.3 is 5.97 Å². The fourth-order valence-electron chi connectivity index (χ4n) is 3.33. The fourth-order valence-corrected chi connectivity index (χ4v) is 3.33. The molecule has 0 aromatic heterocycles. The molecule has 0 heterocycles. The lowest BCUT2D eigenvalue weighted by atomic mass is 9.84. The van der Waals surface area contributed by atoms with E-state index in [4.69, 9.17) is 4.74 Å². The summed E-state index contributed by atoms with van der Waals surface area (Å²) >= 11 is 0. The minimum absolute atomic E-state index is 0.243. The van der Waals surface area contributed by atoms with Crippen LogP contribution in [0.4, 0.5) is 11.4 Å². The maximum atomic E-state index is 12.3. The van der Waals surface area contributed by atoms with E-state index in [0.29, 0.717) is 5.92 Å². The molecule has 0 atom stereocenters. The normalized spacial score (nSPS) is 14.5. The molecule has 140 valence electrons. The molecule has 2 aromatic rings. The highest BCUT2D eigenvalue weighted by Crippen LogP contribution is 2.33. The highest BCUT2D eigenvalue weighted by molar-refractivity contribution is 5.92. The molecule has 0 unspecified atom stereocenters. The molecule has 1 saturated carbocycles. The third-order valence-corrected chi connectivity index (χ3v) is 4.73. The molecular formula is C19H18N2O6. The van der Waals surface area contributed by atoms with Crippen molar-refractivity contribution in [1.29, 1.82) is 0 Å². The van der Waals surface area contributed by atoms with Crippen molar-refractivity contribution >= 4 is 17.3 Å². The van der Waals surface area contributed by atoms with Crippen LogP contribution in [-0.4, -0.2) is 15.8 Å². The Labute approximate surface area is 155 Å². The summed E-state index contributed by atoms with van der Waals surface area (Å²) in [6, 6.07) is 9.90. The first kappa shape index (κ1) is 18.5. The Kier molecular flexibility index (Phi) is 5.44. The molecule has 0 radical (unpaired) electrons. The van der Waals surface area contributed by atoms with Crippen molar-refractivity contribution in [2.75, 3.05) is 0 Å². The summed E-state index contributed by atoms with van der Waals surface area (Å²) in [4.78, 5) is 32.6. The number of carbonyl (C=O) groups excluding carboxylic acids is 1. The molecule has 0 spiro atoms. The Bertz CT molecular complexity index is 840. The number of carbonyl (C=O) groups is 1. The summed E-state index contributed by atoms with van der Waals surface area (Å²) in [7, 11) is 0. The number of rotatable bonds is 5. The highest BCUT2D eigenvalue weighted by atomic mass is 16.6. The molecule has 8 nitrogen and oxygen atoms in total. The number of hydrogen-bond acceptors (Lipinski definition) is 6. The summed E-state index contributed by atoms with van der Waals surface area (Å²) in [5.41, 5.74) is -0.125. The van der Waals surface area contributed by atoms with Gasteiger partial charge in [0.1, 0.15) is 5.75 Å². The summed E-state index contributed by atoms with van der Waals surface area (Å²) in [6.45, 7) is 0. The van der Waals surface area contributed by atoms with E-state index < -0.39 is 27.2 Å². The molecule has 0 saturated heterocycles. The van der Waals surface area contributed by atoms with Crippen molar-refractivity contribution in [1.82, 2.24) is 0 Å². The van der Waals surface area contributed by atoms with Crippen LogP contribution in [0.3, 0.4) is 0 Å². The van der Waals surface area contributed by atoms with E-state index in [1.807, 2.05) is 12.1 Å². The van der Waals surface area contributed by atoms with E-state index in [1.165, 1.54) is 24.8 Å². The molecule has 1 aliphatic carbocycles. The van der Waals surface area contributed by atoms with Crippen LogP contribution in [0, 0.1) is 20.2 Å². The van der Waals surface area contributed by atoms with Gasteiger partial charge < -0.3 is 4.74 Å². The molecular weight excluding hydrogens is 352 g/mol. The number of esters is 1. The van der Waals surface area contributed by atoms with Crippen LogP contribution < -0.4 is 4.74 Å². The van der Waals surface area contributed by atoms with Crippen molar-refractivity contribution in [2.24, 2.45) is 0 Å². The largest absolute Gasteiger partial charge is 0.423 e. The van der Waals surface area contributed by atoms with Crippen molar-refractivity contribution in [3.8, 4) is 5.75 Å². The molecule has 2 aromatic carbocycles. The predicted octanol–water partition coefficient (Wildman–Crippen LogP) is 4.77. The minimum Gasteiger partial charge on any atom is -0.423 e. The zero-order valence-corrected chi connectivity index (χ0v) is 14.5. The lowest BCUT2D eigenvalue weighted by Gasteiger charge is -2.22. The molecule has 8 heteroatoms. The third kappa shape index (κ3) is 4.46. The van der Waals surface area contributed by atoms with Gasteiger partial charge in [-0.1, -0.05) is 31.4 Å². The van der Waals surface area contributed by atoms with E-state index in [9.17, 15) is 25.0 Å². The van der Waals surface area contributed by atoms with E-state index in [0.717, 1.165) is 31.0 Å². The van der Waals surface area contributed by atoms with Crippen LogP contribution in [0.25, 0.3) is 0 Å². The Balaban J connectivity index is 1.76. The van der Waals surface area contributed by atoms with Crippen molar-refractivity contribution in [2.45, 2.75) is 38.0 Å². The van der Waals surface area contributed by atoms with Crippen molar-refractivity contribution in [3.63, 3.8) is 0 Å². The first-order valence-corrected chi connectivity index (χ1v) is 8.70. The first-order chi connectivity index (χ1) is 12.9. The topological polar surface area (TPSA) is 113 Å². The van der Waals surface area contributed by atoms with Crippen LogP contribution in [0.15, 0.2) is 42.5 Å². The number of non-ortho nitro benzene ring substituents is 2. The Morgan fingerprint density at radius 3 is 1.96 bits per heavy atom. The average molecular weight is 370 g/mol. The molecule has 3 rings (SSSR count). The van der Waals surface area contributed by atoms with E-state index in [1.54, 1.807) is 12.1 Å². The Morgan fingerprint density at radius 1 is 0.889 bits per heavy atom. The maximum Gasteiger partial charge on any atom is 0.344 e. The van der Waals surface area contributed by atoms with Gasteiger partial charge in [0.05, 0.1) is 21.5 Å². The van der Waals surface area contributed by atoms with E-state index in [-0.39, 0.29) is 11.3 Å². The van der Waals surface area contributed by atoms with Gasteiger partial charge in [-0.05, 0) is 36.5 Å². The van der Waals surface area contributed by atoms with Gasteiger partial charge in [0.2, 0.25) is 0 Å². The van der Waals surface area contributed by atoms with Crippen LogP contribution in [0.5, 0.6) is 5.75 Å². The number of ether oxygens (including phenoxy) is 1. The van der Waals surface area contributed by atoms with Crippen molar-refractivity contribution < 1.29 is 19.4 Å². The zero-order chi connectivity index (χ0) is 19.4. The van der Waals surface area contributed by atoms with E-state index in [2.05, 4.69) is 0 Å². The minimum atomic E-state index is -0.882. The third-order valence-electron chi connectivity index (χ3n) is 4.73. The van der Waals surface area contributed by atoms with Crippen LogP contribution in [0.1, 0.15) is 53.9 Å². The van der Waals surface area contributed by atoms with Gasteiger partial charge in [-0.15, -0.1) is 0 Å². The number of nitro benzene ring substituents is 2. The summed E-state index contributed by atoms with van der Waals surface area (Å²) in [6.07, 6.45) is 5.99. The molecule has 1 aliphatic rings. The second-order valence-electron chi connectivity index (χ2n) is 6.55. The molecule has 0 amide bonds. The number of nitrogens with zero attached hydrogens (tertiary/aromatic N) is 2. The number of nitro groups is 2. The van der Waals surface area contributed by atoms with Gasteiger partial charge in [-0.25, -0.2) is 4.79 Å². The average Bonchev–Trinajstić information content (AvgIpc) is 2.68. The lowest BCUT2D eigenvalue weighted by molar-refractivity contribution is -0.394. The maximum absolute atomic E-state index is 12.3. The first-order valence-electron chi connectivity index (χ1n) is 8.70. The van der Waals surface area contributed by atoms with Crippen molar-refractivity contribution in [3.05, 3.63) is 73.8 Å². The van der Waals surface area contributed by atoms with Gasteiger partial charge in [0.25, 0.3) is 11.4 Å². The highest BCUT2D eigenvalue weighted by Gasteiger charge is 2.21. The molecule has 1 fully saturated rings. The van der Waals surface area contributed by atoms with Gasteiger partial charge in [0.15, 0.2) is 0 Å². The van der Waals surface area contributed by atoms with Gasteiger partial charge in [0, 0.05) is 12.1 Å². The summed E-state index contributed by atoms with van der Waals surface area (Å²) in [5.74, 6) is -0.0798.